The number of amides is 1. The van der Waals surface area contributed by atoms with Crippen LogP contribution >= 0.6 is 0 Å². The molecule has 0 radical (unpaired) electrons. The number of carbonyl (C=O) groups is 1. The predicted molar refractivity (Wildman–Crippen MR) is 89.4 cm³/mol. The van der Waals surface area contributed by atoms with E-state index in [4.69, 9.17) is 4.74 Å². The van der Waals surface area contributed by atoms with Crippen LogP contribution in [0.2, 0.25) is 0 Å². The molecule has 1 amide bonds. The molecule has 4 nitrogen and oxygen atoms in total. The minimum atomic E-state index is 0.0824. The number of rotatable bonds is 5. The van der Waals surface area contributed by atoms with Crippen molar-refractivity contribution in [3.8, 4) is 5.75 Å². The van der Waals surface area contributed by atoms with Gasteiger partial charge in [-0.2, -0.15) is 0 Å². The highest BCUT2D eigenvalue weighted by molar-refractivity contribution is 5.78. The molecular weight excluding hydrogens is 276 g/mol. The molecule has 1 aromatic rings. The predicted octanol–water partition coefficient (Wildman–Crippen LogP) is 2.31. The summed E-state index contributed by atoms with van der Waals surface area (Å²) in [4.78, 5) is 14.5. The molecule has 1 aliphatic rings. The Morgan fingerprint density at radius 3 is 2.41 bits per heavy atom. The quantitative estimate of drug-likeness (QED) is 0.907. The summed E-state index contributed by atoms with van der Waals surface area (Å²) in [6.07, 6.45) is 1.84. The molecule has 1 N–H and O–H groups in total. The van der Waals surface area contributed by atoms with Gasteiger partial charge in [0.25, 0.3) is 0 Å². The topological polar surface area (TPSA) is 41.6 Å². The van der Waals surface area contributed by atoms with Gasteiger partial charge in [-0.25, -0.2) is 0 Å². The van der Waals surface area contributed by atoms with Crippen molar-refractivity contribution in [2.45, 2.75) is 33.6 Å². The van der Waals surface area contributed by atoms with Crippen LogP contribution in [0.15, 0.2) is 12.1 Å². The fourth-order valence-electron chi connectivity index (χ4n) is 3.15. The maximum Gasteiger partial charge on any atom is 0.225 e. The molecule has 122 valence electrons. The third kappa shape index (κ3) is 4.01. The number of ether oxygens (including phenoxy) is 1. The van der Waals surface area contributed by atoms with Gasteiger partial charge in [-0.1, -0.05) is 6.92 Å². The molecule has 0 aliphatic carbocycles. The average Bonchev–Trinajstić information content (AvgIpc) is 2.53. The lowest BCUT2D eigenvalue weighted by Crippen LogP contribution is -2.48. The van der Waals surface area contributed by atoms with Gasteiger partial charge in [-0.15, -0.1) is 0 Å². The Morgan fingerprint density at radius 2 is 1.86 bits per heavy atom. The number of hydrogen-bond donors (Lipinski definition) is 1. The van der Waals surface area contributed by atoms with Crippen molar-refractivity contribution in [1.29, 1.82) is 0 Å². The largest absolute Gasteiger partial charge is 0.497 e. The van der Waals surface area contributed by atoms with E-state index in [0.29, 0.717) is 5.91 Å². The van der Waals surface area contributed by atoms with Crippen molar-refractivity contribution in [3.63, 3.8) is 0 Å². The lowest BCUT2D eigenvalue weighted by molar-refractivity contribution is -0.135. The van der Waals surface area contributed by atoms with Crippen LogP contribution in [0.5, 0.6) is 5.75 Å². The van der Waals surface area contributed by atoms with Gasteiger partial charge in [0.15, 0.2) is 0 Å². The van der Waals surface area contributed by atoms with Gasteiger partial charge >= 0.3 is 0 Å². The van der Waals surface area contributed by atoms with E-state index in [1.807, 2.05) is 4.90 Å². The third-order valence-corrected chi connectivity index (χ3v) is 4.58. The zero-order valence-corrected chi connectivity index (χ0v) is 14.2. The van der Waals surface area contributed by atoms with E-state index < -0.39 is 0 Å². The summed E-state index contributed by atoms with van der Waals surface area (Å²) in [6.45, 7) is 9.79. The minimum Gasteiger partial charge on any atom is -0.497 e. The Kier molecular flexibility index (Phi) is 5.83. The molecule has 1 aliphatic heterocycles. The Balaban J connectivity index is 1.96. The molecule has 1 atom stereocenters. The van der Waals surface area contributed by atoms with E-state index in [9.17, 15) is 4.79 Å². The molecule has 0 spiro atoms. The lowest BCUT2D eigenvalue weighted by atomic mass is 9.93. The lowest BCUT2D eigenvalue weighted by Gasteiger charge is -2.30. The Hall–Kier alpha value is -1.55. The summed E-state index contributed by atoms with van der Waals surface area (Å²) >= 11 is 0. The van der Waals surface area contributed by atoms with Crippen LogP contribution in [0.1, 0.15) is 30.0 Å². The average molecular weight is 304 g/mol. The fraction of sp³-hybridized carbons (Fsp3) is 0.611. The first-order chi connectivity index (χ1) is 10.5. The molecule has 1 unspecified atom stereocenters. The van der Waals surface area contributed by atoms with Crippen LogP contribution in [0.4, 0.5) is 0 Å². The summed E-state index contributed by atoms with van der Waals surface area (Å²) in [6, 6.07) is 4.15. The Bertz CT molecular complexity index is 499. The smallest absolute Gasteiger partial charge is 0.225 e. The fourth-order valence-corrected chi connectivity index (χ4v) is 3.15. The van der Waals surface area contributed by atoms with Crippen molar-refractivity contribution in [2.24, 2.45) is 5.92 Å². The molecule has 22 heavy (non-hydrogen) atoms. The molecule has 1 saturated heterocycles. The molecule has 4 heteroatoms. The maximum absolute atomic E-state index is 12.5. The van der Waals surface area contributed by atoms with Gasteiger partial charge in [0.1, 0.15) is 5.75 Å². The number of benzene rings is 1. The standard InChI is InChI=1S/C18H28N2O2/c1-13(18(21)20-9-7-19-8-10-20)5-6-17-14(2)11-16(22-4)12-15(17)3/h11-13,19H,5-10H2,1-4H3. The van der Waals surface area contributed by atoms with E-state index in [0.717, 1.165) is 44.8 Å². The summed E-state index contributed by atoms with van der Waals surface area (Å²) in [5, 5.41) is 3.29. The van der Waals surface area contributed by atoms with Crippen LogP contribution in [-0.4, -0.2) is 44.1 Å². The summed E-state index contributed by atoms with van der Waals surface area (Å²) in [5.41, 5.74) is 3.85. The van der Waals surface area contributed by atoms with E-state index in [1.54, 1.807) is 7.11 Å². The highest BCUT2D eigenvalue weighted by Gasteiger charge is 2.22. The van der Waals surface area contributed by atoms with Gasteiger partial charge in [-0.05, 0) is 55.5 Å². The monoisotopic (exact) mass is 304 g/mol. The van der Waals surface area contributed by atoms with Crippen LogP contribution < -0.4 is 10.1 Å². The highest BCUT2D eigenvalue weighted by Crippen LogP contribution is 2.24. The second kappa shape index (κ2) is 7.63. The first kappa shape index (κ1) is 16.8. The van der Waals surface area contributed by atoms with Crippen LogP contribution in [-0.2, 0) is 11.2 Å². The van der Waals surface area contributed by atoms with E-state index in [2.05, 4.69) is 38.2 Å². The molecule has 0 bridgehead atoms. The summed E-state index contributed by atoms with van der Waals surface area (Å²) in [7, 11) is 1.70. The molecule has 2 rings (SSSR count). The Morgan fingerprint density at radius 1 is 1.27 bits per heavy atom. The SMILES string of the molecule is COc1cc(C)c(CCC(C)C(=O)N2CCNCC2)c(C)c1. The van der Waals surface area contributed by atoms with Crippen molar-refractivity contribution in [3.05, 3.63) is 28.8 Å². The number of aryl methyl sites for hydroxylation is 2. The van der Waals surface area contributed by atoms with Crippen LogP contribution in [0.25, 0.3) is 0 Å². The maximum atomic E-state index is 12.5. The molecule has 1 fully saturated rings. The second-order valence-electron chi connectivity index (χ2n) is 6.25. The summed E-state index contributed by atoms with van der Waals surface area (Å²) in [5.74, 6) is 1.29. The summed E-state index contributed by atoms with van der Waals surface area (Å²) < 4.78 is 5.31. The van der Waals surface area contributed by atoms with E-state index in [-0.39, 0.29) is 5.92 Å². The van der Waals surface area contributed by atoms with Crippen molar-refractivity contribution < 1.29 is 9.53 Å². The number of carbonyl (C=O) groups excluding carboxylic acids is 1. The van der Waals surface area contributed by atoms with Gasteiger partial charge in [-0.3, -0.25) is 4.79 Å². The van der Waals surface area contributed by atoms with Crippen LogP contribution in [0.3, 0.4) is 0 Å². The van der Waals surface area contributed by atoms with Crippen molar-refractivity contribution in [2.75, 3.05) is 33.3 Å². The van der Waals surface area contributed by atoms with Gasteiger partial charge in [0.2, 0.25) is 5.91 Å². The number of methoxy groups -OCH3 is 1. The van der Waals surface area contributed by atoms with Crippen molar-refractivity contribution in [1.82, 2.24) is 10.2 Å². The molecule has 0 aromatic heterocycles. The Labute approximate surface area is 133 Å². The van der Waals surface area contributed by atoms with Gasteiger partial charge < -0.3 is 15.0 Å². The first-order valence-electron chi connectivity index (χ1n) is 8.16. The number of nitrogens with one attached hydrogen (secondary N) is 1. The van der Waals surface area contributed by atoms with Gasteiger partial charge in [0, 0.05) is 32.1 Å². The number of piperazine rings is 1. The van der Waals surface area contributed by atoms with Crippen LogP contribution in [0, 0.1) is 19.8 Å². The highest BCUT2D eigenvalue weighted by atomic mass is 16.5. The normalized spacial score (nSPS) is 16.5. The zero-order chi connectivity index (χ0) is 16.1. The van der Waals surface area contributed by atoms with Crippen molar-refractivity contribution >= 4 is 5.91 Å². The van der Waals surface area contributed by atoms with E-state index in [1.165, 1.54) is 16.7 Å². The second-order valence-corrected chi connectivity index (χ2v) is 6.25. The molecule has 0 saturated carbocycles. The minimum absolute atomic E-state index is 0.0824. The molecule has 1 aromatic carbocycles. The number of hydrogen-bond acceptors (Lipinski definition) is 3. The van der Waals surface area contributed by atoms with E-state index >= 15 is 0 Å². The molecule has 1 heterocycles. The zero-order valence-electron chi connectivity index (χ0n) is 14.2. The first-order valence-corrected chi connectivity index (χ1v) is 8.16. The number of nitrogens with zero attached hydrogens (tertiary/aromatic N) is 1. The molecular formula is C18H28N2O2. The van der Waals surface area contributed by atoms with Gasteiger partial charge in [0.05, 0.1) is 7.11 Å². The third-order valence-electron chi connectivity index (χ3n) is 4.58.